The molecule has 62 heavy (non-hydrogen) atoms. The number of aliphatic hydroxyl groups is 2. The van der Waals surface area contributed by atoms with Crippen LogP contribution in [0.5, 0.6) is 0 Å². The Bertz CT molecular complexity index is 1200. The van der Waals surface area contributed by atoms with Gasteiger partial charge in [-0.1, -0.05) is 234 Å². The molecule has 0 aromatic heterocycles. The van der Waals surface area contributed by atoms with Crippen molar-refractivity contribution in [2.45, 2.75) is 251 Å². The SMILES string of the molecule is CC\C=C/C=C/C=C/C=C\C=C\C=C\CCCCCC(=O)OC(CCCCC/C=C/CCCCCCCCCCC)CC(=O)NC(CO)C(O)CCCCCCCCCCCC. The predicted molar refractivity (Wildman–Crippen MR) is 268 cm³/mol. The molecule has 0 radical (unpaired) electrons. The normalized spacial score (nSPS) is 14.0. The summed E-state index contributed by atoms with van der Waals surface area (Å²) in [7, 11) is 0. The van der Waals surface area contributed by atoms with E-state index in [2.05, 4.69) is 56.5 Å². The molecule has 0 bridgehead atoms. The summed E-state index contributed by atoms with van der Waals surface area (Å²) in [6.07, 6.45) is 63.5. The Hall–Kier alpha value is -2.96. The van der Waals surface area contributed by atoms with Crippen LogP contribution in [0.1, 0.15) is 233 Å². The third-order valence-corrected chi connectivity index (χ3v) is 11.4. The number of rotatable bonds is 45. The van der Waals surface area contributed by atoms with Crippen molar-refractivity contribution in [3.8, 4) is 0 Å². The number of allylic oxidation sites excluding steroid dienone is 14. The number of amides is 1. The van der Waals surface area contributed by atoms with E-state index >= 15 is 0 Å². The molecule has 0 saturated carbocycles. The quantitative estimate of drug-likeness (QED) is 0.0245. The number of ether oxygens (including phenoxy) is 1. The Balaban J connectivity index is 4.72. The van der Waals surface area contributed by atoms with Gasteiger partial charge in [0.15, 0.2) is 0 Å². The van der Waals surface area contributed by atoms with Gasteiger partial charge in [0.2, 0.25) is 5.91 Å². The second-order valence-corrected chi connectivity index (χ2v) is 17.3. The molecule has 0 aliphatic carbocycles. The lowest BCUT2D eigenvalue weighted by Gasteiger charge is -2.24. The van der Waals surface area contributed by atoms with Gasteiger partial charge in [-0.05, 0) is 70.6 Å². The van der Waals surface area contributed by atoms with Crippen LogP contribution in [-0.2, 0) is 14.3 Å². The van der Waals surface area contributed by atoms with Crippen LogP contribution in [0.25, 0.3) is 0 Å². The van der Waals surface area contributed by atoms with Crippen LogP contribution in [0.15, 0.2) is 85.1 Å². The maximum absolute atomic E-state index is 13.2. The van der Waals surface area contributed by atoms with Crippen molar-refractivity contribution in [2.75, 3.05) is 6.61 Å². The summed E-state index contributed by atoms with van der Waals surface area (Å²) in [6, 6.07) is -0.719. The van der Waals surface area contributed by atoms with Crippen molar-refractivity contribution < 1.29 is 24.5 Å². The summed E-state index contributed by atoms with van der Waals surface area (Å²) < 4.78 is 5.91. The highest BCUT2D eigenvalue weighted by Gasteiger charge is 2.24. The Morgan fingerprint density at radius 1 is 0.484 bits per heavy atom. The Morgan fingerprint density at radius 3 is 1.39 bits per heavy atom. The van der Waals surface area contributed by atoms with Gasteiger partial charge < -0.3 is 20.3 Å². The first kappa shape index (κ1) is 59.0. The molecule has 356 valence electrons. The van der Waals surface area contributed by atoms with E-state index in [-0.39, 0.29) is 24.9 Å². The average molecular weight is 864 g/mol. The summed E-state index contributed by atoms with van der Waals surface area (Å²) in [5, 5.41) is 23.7. The number of carbonyl (C=O) groups excluding carboxylic acids is 2. The molecule has 6 heteroatoms. The third-order valence-electron chi connectivity index (χ3n) is 11.4. The minimum Gasteiger partial charge on any atom is -0.462 e. The third kappa shape index (κ3) is 43.7. The molecule has 3 unspecified atom stereocenters. The van der Waals surface area contributed by atoms with Crippen LogP contribution in [0.2, 0.25) is 0 Å². The molecule has 0 spiro atoms. The molecule has 0 saturated heterocycles. The predicted octanol–water partition coefficient (Wildman–Crippen LogP) is 15.6. The highest BCUT2D eigenvalue weighted by atomic mass is 16.5. The first-order chi connectivity index (χ1) is 30.5. The van der Waals surface area contributed by atoms with Crippen molar-refractivity contribution >= 4 is 11.9 Å². The van der Waals surface area contributed by atoms with E-state index < -0.39 is 18.2 Å². The number of esters is 1. The number of aliphatic hydroxyl groups excluding tert-OH is 2. The molecule has 0 aromatic rings. The summed E-state index contributed by atoms with van der Waals surface area (Å²) in [4.78, 5) is 26.1. The van der Waals surface area contributed by atoms with Gasteiger partial charge in [0, 0.05) is 6.42 Å². The van der Waals surface area contributed by atoms with Crippen LogP contribution in [0, 0.1) is 0 Å². The lowest BCUT2D eigenvalue weighted by atomic mass is 10.0. The number of carbonyl (C=O) groups is 2. The van der Waals surface area contributed by atoms with Gasteiger partial charge in [-0.3, -0.25) is 9.59 Å². The molecule has 0 rings (SSSR count). The van der Waals surface area contributed by atoms with Gasteiger partial charge in [0.25, 0.3) is 0 Å². The fraction of sp³-hybridized carbons (Fsp3) is 0.714. The molecule has 0 aromatic carbocycles. The summed E-state index contributed by atoms with van der Waals surface area (Å²) in [6.45, 7) is 6.31. The zero-order valence-corrected chi connectivity index (χ0v) is 40.5. The molecule has 3 atom stereocenters. The Kier molecular flexibility index (Phi) is 46.7. The van der Waals surface area contributed by atoms with Crippen molar-refractivity contribution in [2.24, 2.45) is 0 Å². The van der Waals surface area contributed by atoms with Gasteiger partial charge >= 0.3 is 5.97 Å². The minimum absolute atomic E-state index is 0.0450. The fourth-order valence-electron chi connectivity index (χ4n) is 7.46. The minimum atomic E-state index is -0.803. The monoisotopic (exact) mass is 864 g/mol. The van der Waals surface area contributed by atoms with E-state index in [1.165, 1.54) is 103 Å². The van der Waals surface area contributed by atoms with Gasteiger partial charge in [0.1, 0.15) is 6.10 Å². The largest absolute Gasteiger partial charge is 0.462 e. The topological polar surface area (TPSA) is 95.9 Å². The highest BCUT2D eigenvalue weighted by molar-refractivity contribution is 5.77. The van der Waals surface area contributed by atoms with Crippen molar-refractivity contribution in [1.29, 1.82) is 0 Å². The van der Waals surface area contributed by atoms with E-state index in [9.17, 15) is 19.8 Å². The summed E-state index contributed by atoms with van der Waals surface area (Å²) in [5.74, 6) is -0.544. The number of hydrogen-bond acceptors (Lipinski definition) is 5. The summed E-state index contributed by atoms with van der Waals surface area (Å²) in [5.41, 5.74) is 0. The van der Waals surface area contributed by atoms with Gasteiger partial charge in [0.05, 0.1) is 25.2 Å². The second-order valence-electron chi connectivity index (χ2n) is 17.3. The second kappa shape index (κ2) is 49.1. The lowest BCUT2D eigenvalue weighted by molar-refractivity contribution is -0.151. The zero-order valence-electron chi connectivity index (χ0n) is 40.5. The van der Waals surface area contributed by atoms with Crippen LogP contribution in [0.4, 0.5) is 0 Å². The zero-order chi connectivity index (χ0) is 45.2. The standard InChI is InChI=1S/C56H97NO5/c1-4-7-10-13-16-19-22-24-26-28-30-32-34-37-40-43-46-49-56(61)62-52(47-44-41-38-35-33-31-29-27-25-23-20-17-14-11-8-5-2)50-55(60)57-53(51-58)54(59)48-45-42-39-36-21-18-15-12-9-6-3/h7,10,13,16,19,22,24,26,28,30-34,52-54,58-59H,4-6,8-9,11-12,14-15,17-18,20-21,23,25,27,29,35-51H2,1-3H3,(H,57,60)/b10-7-,16-13+,22-19+,26-24-,30-28+,33-31+,34-32+. The van der Waals surface area contributed by atoms with Gasteiger partial charge in [-0.15, -0.1) is 0 Å². The smallest absolute Gasteiger partial charge is 0.306 e. The number of unbranched alkanes of at least 4 members (excludes halogenated alkanes) is 24. The Labute approximate surface area is 383 Å². The van der Waals surface area contributed by atoms with Crippen molar-refractivity contribution in [3.05, 3.63) is 85.1 Å². The fourth-order valence-corrected chi connectivity index (χ4v) is 7.46. The molecule has 6 nitrogen and oxygen atoms in total. The average Bonchev–Trinajstić information content (AvgIpc) is 3.26. The number of hydrogen-bond donors (Lipinski definition) is 3. The van der Waals surface area contributed by atoms with Crippen LogP contribution < -0.4 is 5.32 Å². The molecule has 0 heterocycles. The Morgan fingerprint density at radius 2 is 0.887 bits per heavy atom. The molecule has 0 aliphatic rings. The van der Waals surface area contributed by atoms with Crippen LogP contribution in [0.3, 0.4) is 0 Å². The van der Waals surface area contributed by atoms with E-state index in [0.717, 1.165) is 83.5 Å². The number of nitrogens with one attached hydrogen (secondary N) is 1. The molecular formula is C56H97NO5. The molecule has 0 fully saturated rings. The molecule has 1 amide bonds. The molecule has 3 N–H and O–H groups in total. The van der Waals surface area contributed by atoms with Gasteiger partial charge in [-0.2, -0.15) is 0 Å². The summed E-state index contributed by atoms with van der Waals surface area (Å²) >= 11 is 0. The molecular weight excluding hydrogens is 767 g/mol. The lowest BCUT2D eigenvalue weighted by Crippen LogP contribution is -2.46. The van der Waals surface area contributed by atoms with E-state index in [4.69, 9.17) is 4.74 Å². The maximum atomic E-state index is 13.2. The van der Waals surface area contributed by atoms with Crippen molar-refractivity contribution in [1.82, 2.24) is 5.32 Å². The van der Waals surface area contributed by atoms with E-state index in [1.54, 1.807) is 0 Å². The van der Waals surface area contributed by atoms with Crippen LogP contribution in [-0.4, -0.2) is 46.9 Å². The first-order valence-corrected chi connectivity index (χ1v) is 25.9. The van der Waals surface area contributed by atoms with Crippen molar-refractivity contribution in [3.63, 3.8) is 0 Å². The van der Waals surface area contributed by atoms with E-state index in [0.29, 0.717) is 19.3 Å². The van der Waals surface area contributed by atoms with Crippen LogP contribution >= 0.6 is 0 Å². The molecule has 0 aliphatic heterocycles. The van der Waals surface area contributed by atoms with Gasteiger partial charge in [-0.25, -0.2) is 0 Å². The van der Waals surface area contributed by atoms with E-state index in [1.807, 2.05) is 54.7 Å². The first-order valence-electron chi connectivity index (χ1n) is 25.9. The maximum Gasteiger partial charge on any atom is 0.306 e. The highest BCUT2D eigenvalue weighted by Crippen LogP contribution is 2.17.